The molecule has 0 bridgehead atoms. The summed E-state index contributed by atoms with van der Waals surface area (Å²) in [5.74, 6) is 0.453. The minimum absolute atomic E-state index is 0.453. The van der Waals surface area contributed by atoms with Crippen molar-refractivity contribution in [3.63, 3.8) is 0 Å². The summed E-state index contributed by atoms with van der Waals surface area (Å²) >= 11 is 0. The molecule has 0 aliphatic rings. The predicted molar refractivity (Wildman–Crippen MR) is 54.3 cm³/mol. The summed E-state index contributed by atoms with van der Waals surface area (Å²) in [6, 6.07) is 8.74. The van der Waals surface area contributed by atoms with E-state index in [2.05, 4.69) is 10.3 Å². The molecule has 0 fully saturated rings. The largest absolute Gasteiger partial charge is 0.437 e. The second-order valence-corrected chi connectivity index (χ2v) is 2.76. The molecule has 2 aromatic heterocycles. The number of carbonyl (C=O) groups is 1. The lowest BCUT2D eigenvalue weighted by atomic mass is 10.5. The lowest BCUT2D eigenvalue weighted by molar-refractivity contribution is 0.148. The highest BCUT2D eigenvalue weighted by Crippen LogP contribution is 1.99. The summed E-state index contributed by atoms with van der Waals surface area (Å²) in [6.07, 6.45) is 4.26. The van der Waals surface area contributed by atoms with E-state index in [1.54, 1.807) is 48.9 Å². The average molecular weight is 203 g/mol. The fourth-order valence-electron chi connectivity index (χ4n) is 1.04. The summed E-state index contributed by atoms with van der Waals surface area (Å²) in [4.78, 5) is 20.1. The van der Waals surface area contributed by atoms with Crippen molar-refractivity contribution >= 4 is 11.9 Å². The molecule has 5 heteroatoms. The van der Waals surface area contributed by atoms with Crippen LogP contribution in [0, 0.1) is 0 Å². The van der Waals surface area contributed by atoms with Crippen LogP contribution in [0.3, 0.4) is 0 Å². The number of aromatic nitrogens is 2. The average Bonchev–Trinajstić information content (AvgIpc) is 2.71. The van der Waals surface area contributed by atoms with Crippen LogP contribution in [-0.4, -0.2) is 15.8 Å². The van der Waals surface area contributed by atoms with E-state index in [9.17, 15) is 4.79 Å². The molecular formula is C10H9N3O2. The van der Waals surface area contributed by atoms with Crippen molar-refractivity contribution in [2.24, 2.45) is 0 Å². The van der Waals surface area contributed by atoms with Gasteiger partial charge < -0.3 is 4.84 Å². The lowest BCUT2D eigenvalue weighted by Gasteiger charge is -2.04. The van der Waals surface area contributed by atoms with Gasteiger partial charge in [0.15, 0.2) is 0 Å². The number of nitrogens with one attached hydrogen (secondary N) is 1. The first-order chi connectivity index (χ1) is 7.34. The van der Waals surface area contributed by atoms with Crippen LogP contribution in [0.25, 0.3) is 0 Å². The molecule has 2 aromatic rings. The van der Waals surface area contributed by atoms with Gasteiger partial charge in [-0.25, -0.2) is 9.78 Å². The topological polar surface area (TPSA) is 56.1 Å². The minimum Gasteiger partial charge on any atom is -0.317 e. The molecule has 0 saturated carbocycles. The maximum Gasteiger partial charge on any atom is 0.437 e. The fourth-order valence-corrected chi connectivity index (χ4v) is 1.04. The summed E-state index contributed by atoms with van der Waals surface area (Å²) in [6.45, 7) is 0. The van der Waals surface area contributed by atoms with E-state index in [4.69, 9.17) is 4.84 Å². The maximum atomic E-state index is 11.3. The third-order valence-corrected chi connectivity index (χ3v) is 1.66. The molecule has 1 N–H and O–H groups in total. The van der Waals surface area contributed by atoms with Gasteiger partial charge in [-0.3, -0.25) is 5.32 Å². The van der Waals surface area contributed by atoms with Gasteiger partial charge >= 0.3 is 6.09 Å². The second kappa shape index (κ2) is 4.28. The van der Waals surface area contributed by atoms with E-state index < -0.39 is 6.09 Å². The van der Waals surface area contributed by atoms with Gasteiger partial charge in [0.25, 0.3) is 0 Å². The molecule has 1 amide bonds. The Balaban J connectivity index is 1.94. The molecule has 5 nitrogen and oxygen atoms in total. The van der Waals surface area contributed by atoms with Crippen molar-refractivity contribution in [3.8, 4) is 0 Å². The fraction of sp³-hybridized carbons (Fsp3) is 0. The summed E-state index contributed by atoms with van der Waals surface area (Å²) in [5.41, 5.74) is 0. The molecule has 2 heterocycles. The number of pyridine rings is 1. The van der Waals surface area contributed by atoms with Crippen molar-refractivity contribution in [1.82, 2.24) is 9.71 Å². The zero-order chi connectivity index (χ0) is 10.5. The van der Waals surface area contributed by atoms with E-state index in [-0.39, 0.29) is 0 Å². The zero-order valence-electron chi connectivity index (χ0n) is 7.83. The summed E-state index contributed by atoms with van der Waals surface area (Å²) in [5, 5.41) is 2.49. The van der Waals surface area contributed by atoms with Crippen LogP contribution in [-0.2, 0) is 0 Å². The summed E-state index contributed by atoms with van der Waals surface area (Å²) < 4.78 is 1.30. The van der Waals surface area contributed by atoms with Gasteiger partial charge in [0.2, 0.25) is 0 Å². The third-order valence-electron chi connectivity index (χ3n) is 1.66. The number of hydrogen-bond acceptors (Lipinski definition) is 3. The molecule has 0 aromatic carbocycles. The molecule has 0 aliphatic carbocycles. The first-order valence-electron chi connectivity index (χ1n) is 4.38. The van der Waals surface area contributed by atoms with Gasteiger partial charge in [0.05, 0.1) is 0 Å². The number of hydrogen-bond donors (Lipinski definition) is 1. The highest BCUT2D eigenvalue weighted by molar-refractivity contribution is 5.83. The molecule has 0 unspecified atom stereocenters. The Bertz CT molecular complexity index is 425. The highest BCUT2D eigenvalue weighted by Gasteiger charge is 2.03. The Morgan fingerprint density at radius 3 is 2.73 bits per heavy atom. The molecular weight excluding hydrogens is 194 g/mol. The van der Waals surface area contributed by atoms with Crippen molar-refractivity contribution < 1.29 is 9.63 Å². The Kier molecular flexibility index (Phi) is 2.64. The number of carbonyl (C=O) groups excluding carboxylic acids is 1. The van der Waals surface area contributed by atoms with Crippen LogP contribution in [0.2, 0.25) is 0 Å². The summed E-state index contributed by atoms with van der Waals surface area (Å²) in [7, 11) is 0. The monoisotopic (exact) mass is 203 g/mol. The smallest absolute Gasteiger partial charge is 0.317 e. The van der Waals surface area contributed by atoms with Crippen molar-refractivity contribution in [1.29, 1.82) is 0 Å². The van der Waals surface area contributed by atoms with Crippen molar-refractivity contribution in [3.05, 3.63) is 48.9 Å². The van der Waals surface area contributed by atoms with E-state index in [0.29, 0.717) is 5.82 Å². The molecule has 76 valence electrons. The van der Waals surface area contributed by atoms with Crippen molar-refractivity contribution in [2.45, 2.75) is 0 Å². The van der Waals surface area contributed by atoms with Crippen LogP contribution >= 0.6 is 0 Å². The van der Waals surface area contributed by atoms with Gasteiger partial charge in [-0.05, 0) is 24.3 Å². The normalized spacial score (nSPS) is 9.60. The van der Waals surface area contributed by atoms with Gasteiger partial charge in [-0.2, -0.15) is 4.73 Å². The standard InChI is InChI=1S/C10H9N3O2/c14-10(15-13-7-3-4-8-13)12-9-5-1-2-6-11-9/h1-8H,(H,11,12,14). The second-order valence-electron chi connectivity index (χ2n) is 2.76. The number of rotatable bonds is 2. The minimum atomic E-state index is -0.579. The van der Waals surface area contributed by atoms with Crippen LogP contribution < -0.4 is 10.2 Å². The maximum absolute atomic E-state index is 11.3. The third kappa shape index (κ3) is 2.57. The lowest BCUT2D eigenvalue weighted by Crippen LogP contribution is -2.24. The van der Waals surface area contributed by atoms with E-state index in [1.807, 2.05) is 0 Å². The van der Waals surface area contributed by atoms with E-state index in [1.165, 1.54) is 4.73 Å². The first-order valence-corrected chi connectivity index (χ1v) is 4.38. The van der Waals surface area contributed by atoms with Crippen LogP contribution in [0.5, 0.6) is 0 Å². The Morgan fingerprint density at radius 2 is 2.07 bits per heavy atom. The quantitative estimate of drug-likeness (QED) is 0.805. The molecule has 0 saturated heterocycles. The molecule has 15 heavy (non-hydrogen) atoms. The number of amides is 1. The Hall–Kier alpha value is -2.30. The van der Waals surface area contributed by atoms with Crippen LogP contribution in [0.4, 0.5) is 10.6 Å². The molecule has 0 aliphatic heterocycles. The van der Waals surface area contributed by atoms with Crippen LogP contribution in [0.15, 0.2) is 48.9 Å². The zero-order valence-corrected chi connectivity index (χ0v) is 7.83. The molecule has 0 radical (unpaired) electrons. The van der Waals surface area contributed by atoms with Crippen molar-refractivity contribution in [2.75, 3.05) is 5.32 Å². The number of nitrogens with zero attached hydrogens (tertiary/aromatic N) is 2. The van der Waals surface area contributed by atoms with E-state index >= 15 is 0 Å². The SMILES string of the molecule is O=C(Nc1ccccn1)On1cccc1. The van der Waals surface area contributed by atoms with Gasteiger partial charge in [-0.1, -0.05) is 6.07 Å². The molecule has 0 atom stereocenters. The van der Waals surface area contributed by atoms with Gasteiger partial charge in [0, 0.05) is 18.6 Å². The highest BCUT2D eigenvalue weighted by atomic mass is 16.7. The first kappa shape index (κ1) is 9.26. The Labute approximate surface area is 86.3 Å². The molecule has 0 spiro atoms. The number of anilines is 1. The Morgan fingerprint density at radius 1 is 1.27 bits per heavy atom. The van der Waals surface area contributed by atoms with Crippen LogP contribution in [0.1, 0.15) is 0 Å². The molecule has 2 rings (SSSR count). The van der Waals surface area contributed by atoms with Gasteiger partial charge in [0.1, 0.15) is 5.82 Å². The predicted octanol–water partition coefficient (Wildman–Crippen LogP) is 1.54. The van der Waals surface area contributed by atoms with Gasteiger partial charge in [-0.15, -0.1) is 0 Å². The van der Waals surface area contributed by atoms with E-state index in [0.717, 1.165) is 0 Å².